The van der Waals surface area contributed by atoms with Crippen LogP contribution in [0.25, 0.3) is 6.08 Å². The van der Waals surface area contributed by atoms with Crippen LogP contribution in [0.15, 0.2) is 24.3 Å². The van der Waals surface area contributed by atoms with Gasteiger partial charge in [0.2, 0.25) is 0 Å². The van der Waals surface area contributed by atoms with Crippen LogP contribution in [0.1, 0.15) is 31.9 Å². The highest BCUT2D eigenvalue weighted by molar-refractivity contribution is 5.58. The van der Waals surface area contributed by atoms with E-state index >= 15 is 0 Å². The molecule has 1 atom stereocenters. The molecule has 0 bridgehead atoms. The van der Waals surface area contributed by atoms with Crippen molar-refractivity contribution in [3.05, 3.63) is 35.4 Å². The van der Waals surface area contributed by atoms with E-state index in [9.17, 15) is 0 Å². The molecule has 0 spiro atoms. The lowest BCUT2D eigenvalue weighted by Crippen LogP contribution is -1.95. The maximum atomic E-state index is 8.91. The monoisotopic (exact) mass is 236 g/mol. The zero-order valence-corrected chi connectivity index (χ0v) is 11.5. The molecule has 2 nitrogen and oxygen atoms in total. The van der Waals surface area contributed by atoms with Crippen molar-refractivity contribution in [1.29, 1.82) is 0 Å². The van der Waals surface area contributed by atoms with E-state index in [0.29, 0.717) is 0 Å². The first kappa shape index (κ1) is 15.7. The van der Waals surface area contributed by atoms with E-state index in [1.807, 2.05) is 52.0 Å². The van der Waals surface area contributed by atoms with Crippen LogP contribution in [-0.4, -0.2) is 18.8 Å². The number of rotatable bonds is 4. The molecule has 0 heterocycles. The van der Waals surface area contributed by atoms with E-state index in [1.165, 1.54) is 5.56 Å². The highest BCUT2D eigenvalue weighted by Gasteiger charge is 2.00. The molecule has 0 amide bonds. The summed E-state index contributed by atoms with van der Waals surface area (Å²) in [6.07, 6.45) is 3.98. The number of methoxy groups -OCH3 is 1. The summed E-state index contributed by atoms with van der Waals surface area (Å²) in [4.78, 5) is 0. The van der Waals surface area contributed by atoms with Gasteiger partial charge in [0.15, 0.2) is 0 Å². The molecule has 17 heavy (non-hydrogen) atoms. The van der Waals surface area contributed by atoms with Gasteiger partial charge in [-0.25, -0.2) is 0 Å². The lowest BCUT2D eigenvalue weighted by molar-refractivity contribution is 0.262. The molecule has 2 heteroatoms. The van der Waals surface area contributed by atoms with E-state index in [2.05, 4.69) is 6.07 Å². The van der Waals surface area contributed by atoms with E-state index in [0.717, 1.165) is 11.3 Å². The van der Waals surface area contributed by atoms with Gasteiger partial charge in [0, 0.05) is 12.2 Å². The molecule has 1 N–H and O–H groups in total. The molecule has 0 aliphatic heterocycles. The average molecular weight is 236 g/mol. The van der Waals surface area contributed by atoms with E-state index < -0.39 is 0 Å². The normalized spacial score (nSPS) is 11.9. The number of aliphatic hydroxyl groups is 1. The van der Waals surface area contributed by atoms with Gasteiger partial charge in [-0.15, -0.1) is 0 Å². The van der Waals surface area contributed by atoms with Crippen LogP contribution in [0, 0.1) is 12.8 Å². The second kappa shape index (κ2) is 8.82. The number of aryl methyl sites for hydroxylation is 1. The Hall–Kier alpha value is -1.28. The Kier molecular flexibility index (Phi) is 8.16. The molecule has 96 valence electrons. The minimum absolute atomic E-state index is 0.171. The third-order valence-corrected chi connectivity index (χ3v) is 2.28. The maximum Gasteiger partial charge on any atom is 0.126 e. The predicted molar refractivity (Wildman–Crippen MR) is 74.4 cm³/mol. The first-order chi connectivity index (χ1) is 8.17. The largest absolute Gasteiger partial charge is 0.496 e. The zero-order chi connectivity index (χ0) is 13.3. The lowest BCUT2D eigenvalue weighted by atomic mass is 10.1. The second-order valence-electron chi connectivity index (χ2n) is 3.76. The summed E-state index contributed by atoms with van der Waals surface area (Å²) in [5, 5.41) is 8.91. The van der Waals surface area contributed by atoms with E-state index in [1.54, 1.807) is 7.11 Å². The molecule has 1 aromatic rings. The highest BCUT2D eigenvalue weighted by atomic mass is 16.5. The maximum absolute atomic E-state index is 8.91. The zero-order valence-electron chi connectivity index (χ0n) is 11.5. The molecule has 0 radical (unpaired) electrons. The lowest BCUT2D eigenvalue weighted by Gasteiger charge is -2.06. The Morgan fingerprint density at radius 1 is 1.35 bits per heavy atom. The van der Waals surface area contributed by atoms with Crippen molar-refractivity contribution < 1.29 is 9.84 Å². The summed E-state index contributed by atoms with van der Waals surface area (Å²) in [6.45, 7) is 8.19. The molecule has 0 fully saturated rings. The third-order valence-electron chi connectivity index (χ3n) is 2.28. The fraction of sp³-hybridized carbons (Fsp3) is 0.467. The fourth-order valence-corrected chi connectivity index (χ4v) is 1.31. The highest BCUT2D eigenvalue weighted by Crippen LogP contribution is 2.21. The van der Waals surface area contributed by atoms with E-state index in [-0.39, 0.29) is 12.5 Å². The minimum Gasteiger partial charge on any atom is -0.496 e. The molecule has 1 unspecified atom stereocenters. The Labute approximate surface area is 105 Å². The Bertz CT molecular complexity index is 343. The van der Waals surface area contributed by atoms with Gasteiger partial charge in [-0.1, -0.05) is 44.6 Å². The Morgan fingerprint density at radius 3 is 2.53 bits per heavy atom. The van der Waals surface area contributed by atoms with Crippen molar-refractivity contribution in [2.24, 2.45) is 5.92 Å². The number of aliphatic hydroxyl groups excluding tert-OH is 1. The van der Waals surface area contributed by atoms with Gasteiger partial charge in [0.1, 0.15) is 5.75 Å². The molecule has 0 aromatic heterocycles. The predicted octanol–water partition coefficient (Wildman–Crippen LogP) is 3.67. The number of hydrogen-bond donors (Lipinski definition) is 1. The summed E-state index contributed by atoms with van der Waals surface area (Å²) in [6, 6.07) is 6.05. The van der Waals surface area contributed by atoms with Crippen LogP contribution < -0.4 is 4.74 Å². The number of benzene rings is 1. The van der Waals surface area contributed by atoms with Crippen molar-refractivity contribution in [1.82, 2.24) is 0 Å². The quantitative estimate of drug-likeness (QED) is 0.864. The molecule has 1 aromatic carbocycles. The van der Waals surface area contributed by atoms with E-state index in [4.69, 9.17) is 9.84 Å². The van der Waals surface area contributed by atoms with Gasteiger partial charge in [-0.2, -0.15) is 0 Å². The standard InChI is InChI=1S/C13H18O2.C2H6/c1-10-5-7-13(15-3)12(8-10)6-4-11(2)9-14;1-2/h4-8,11,14H,9H2,1-3H3;1-2H3/b6-4+;. The van der Waals surface area contributed by atoms with Crippen LogP contribution in [0.3, 0.4) is 0 Å². The molecule has 0 aliphatic rings. The summed E-state index contributed by atoms with van der Waals surface area (Å²) >= 11 is 0. The Balaban J connectivity index is 0.00000121. The van der Waals surface area contributed by atoms with Crippen molar-refractivity contribution >= 4 is 6.08 Å². The number of ether oxygens (including phenoxy) is 1. The molecule has 0 saturated heterocycles. The van der Waals surface area contributed by atoms with Gasteiger partial charge in [-0.3, -0.25) is 0 Å². The SMILES string of the molecule is CC.COc1ccc(C)cc1/C=C/C(C)CO. The van der Waals surface area contributed by atoms with Crippen LogP contribution in [0.2, 0.25) is 0 Å². The number of hydrogen-bond acceptors (Lipinski definition) is 2. The molecule has 1 rings (SSSR count). The van der Waals surface area contributed by atoms with Gasteiger partial charge in [0.05, 0.1) is 7.11 Å². The summed E-state index contributed by atoms with van der Waals surface area (Å²) in [5.74, 6) is 1.04. The van der Waals surface area contributed by atoms with Crippen molar-refractivity contribution in [2.45, 2.75) is 27.7 Å². The molecule has 0 aliphatic carbocycles. The summed E-state index contributed by atoms with van der Waals surface area (Å²) in [7, 11) is 1.66. The van der Waals surface area contributed by atoms with Gasteiger partial charge < -0.3 is 9.84 Å². The third kappa shape index (κ3) is 5.55. The van der Waals surface area contributed by atoms with Crippen molar-refractivity contribution in [3.8, 4) is 5.75 Å². The first-order valence-electron chi connectivity index (χ1n) is 6.11. The smallest absolute Gasteiger partial charge is 0.126 e. The fourth-order valence-electron chi connectivity index (χ4n) is 1.31. The summed E-state index contributed by atoms with van der Waals surface area (Å²) < 4.78 is 5.25. The molecule has 0 saturated carbocycles. The van der Waals surface area contributed by atoms with Crippen LogP contribution in [0.5, 0.6) is 5.75 Å². The average Bonchev–Trinajstić information content (AvgIpc) is 2.38. The van der Waals surface area contributed by atoms with Crippen LogP contribution in [0.4, 0.5) is 0 Å². The first-order valence-corrected chi connectivity index (χ1v) is 6.11. The second-order valence-corrected chi connectivity index (χ2v) is 3.76. The van der Waals surface area contributed by atoms with Crippen LogP contribution >= 0.6 is 0 Å². The van der Waals surface area contributed by atoms with Crippen molar-refractivity contribution in [2.75, 3.05) is 13.7 Å². The van der Waals surface area contributed by atoms with Gasteiger partial charge in [-0.05, 0) is 25.0 Å². The van der Waals surface area contributed by atoms with Crippen molar-refractivity contribution in [3.63, 3.8) is 0 Å². The summed E-state index contributed by atoms with van der Waals surface area (Å²) in [5.41, 5.74) is 2.25. The molecular weight excluding hydrogens is 212 g/mol. The van der Waals surface area contributed by atoms with Gasteiger partial charge in [0.25, 0.3) is 0 Å². The van der Waals surface area contributed by atoms with Crippen LogP contribution in [-0.2, 0) is 0 Å². The molecular formula is C15H24O2. The van der Waals surface area contributed by atoms with Gasteiger partial charge >= 0.3 is 0 Å². The Morgan fingerprint density at radius 2 is 2.00 bits per heavy atom. The topological polar surface area (TPSA) is 29.5 Å². The minimum atomic E-state index is 0.171.